The molecule has 2 aromatic carbocycles. The molecule has 4 rings (SSSR count). The average Bonchev–Trinajstić information content (AvgIpc) is 3.04. The summed E-state index contributed by atoms with van der Waals surface area (Å²) in [5, 5.41) is 9.62. The number of carbonyl (C=O) groups is 1. The molecular formula is C20H15BrN2O4. The molecule has 0 amide bonds. The third-order valence-electron chi connectivity index (χ3n) is 4.62. The van der Waals surface area contributed by atoms with Gasteiger partial charge in [-0.05, 0) is 54.5 Å². The molecule has 1 aromatic heterocycles. The minimum absolute atomic E-state index is 0.108. The van der Waals surface area contributed by atoms with Crippen LogP contribution in [0.15, 0.2) is 45.7 Å². The molecule has 0 radical (unpaired) electrons. The highest BCUT2D eigenvalue weighted by Gasteiger charge is 2.22. The number of allylic oxidation sites excluding steroid dienone is 1. The van der Waals surface area contributed by atoms with Crippen LogP contribution in [0.25, 0.3) is 22.6 Å². The van der Waals surface area contributed by atoms with Gasteiger partial charge >= 0.3 is 5.97 Å². The Balaban J connectivity index is 1.91. The van der Waals surface area contributed by atoms with E-state index in [1.54, 1.807) is 11.7 Å². The van der Waals surface area contributed by atoms with Gasteiger partial charge in [0.25, 0.3) is 5.56 Å². The molecule has 1 N–H and O–H groups in total. The van der Waals surface area contributed by atoms with Gasteiger partial charge < -0.3 is 9.84 Å². The summed E-state index contributed by atoms with van der Waals surface area (Å²) >= 11 is 3.46. The number of nitrogens with zero attached hydrogens (tertiary/aromatic N) is 2. The van der Waals surface area contributed by atoms with Gasteiger partial charge in [0, 0.05) is 16.6 Å². The van der Waals surface area contributed by atoms with Crippen molar-refractivity contribution >= 4 is 44.5 Å². The Hall–Kier alpha value is -2.93. The molecule has 0 saturated heterocycles. The fraction of sp³-hybridized carbons (Fsp3) is 0.150. The van der Waals surface area contributed by atoms with Crippen LogP contribution >= 0.6 is 15.9 Å². The number of hydrogen-bond donors (Lipinski definition) is 1. The maximum Gasteiger partial charge on any atom is 0.335 e. The molecule has 6 nitrogen and oxygen atoms in total. The van der Waals surface area contributed by atoms with Gasteiger partial charge in [-0.3, -0.25) is 9.36 Å². The summed E-state index contributed by atoms with van der Waals surface area (Å²) in [6, 6.07) is 10.1. The van der Waals surface area contributed by atoms with E-state index in [2.05, 4.69) is 20.9 Å². The lowest BCUT2D eigenvalue weighted by Crippen LogP contribution is -2.21. The van der Waals surface area contributed by atoms with Gasteiger partial charge in [0.2, 0.25) is 0 Å². The first kappa shape index (κ1) is 17.5. The molecule has 0 fully saturated rings. The highest BCUT2D eigenvalue weighted by molar-refractivity contribution is 9.10. The lowest BCUT2D eigenvalue weighted by atomic mass is 10.1. The van der Waals surface area contributed by atoms with Crippen LogP contribution in [0.3, 0.4) is 0 Å². The predicted octanol–water partition coefficient (Wildman–Crippen LogP) is 3.81. The van der Waals surface area contributed by atoms with E-state index in [0.717, 1.165) is 21.4 Å². The molecular weight excluding hydrogens is 412 g/mol. The van der Waals surface area contributed by atoms with E-state index in [-0.39, 0.29) is 11.1 Å². The largest absolute Gasteiger partial charge is 0.496 e. The Bertz CT molecular complexity index is 1180. The van der Waals surface area contributed by atoms with Gasteiger partial charge in [0.1, 0.15) is 11.6 Å². The van der Waals surface area contributed by atoms with Crippen molar-refractivity contribution in [1.29, 1.82) is 0 Å². The van der Waals surface area contributed by atoms with Crippen molar-refractivity contribution in [3.05, 3.63) is 68.2 Å². The molecule has 0 aliphatic carbocycles. The summed E-state index contributed by atoms with van der Waals surface area (Å²) < 4.78 is 7.97. The second-order valence-electron chi connectivity index (χ2n) is 6.24. The van der Waals surface area contributed by atoms with E-state index in [0.29, 0.717) is 29.7 Å². The molecule has 27 heavy (non-hydrogen) atoms. The van der Waals surface area contributed by atoms with E-state index in [1.165, 1.54) is 18.2 Å². The molecule has 136 valence electrons. The summed E-state index contributed by atoms with van der Waals surface area (Å²) in [4.78, 5) is 28.6. The molecule has 0 saturated carbocycles. The average molecular weight is 427 g/mol. The van der Waals surface area contributed by atoms with Crippen molar-refractivity contribution in [2.75, 3.05) is 7.11 Å². The van der Waals surface area contributed by atoms with Gasteiger partial charge in [0.05, 0.1) is 23.6 Å². The van der Waals surface area contributed by atoms with Gasteiger partial charge in [-0.1, -0.05) is 15.9 Å². The van der Waals surface area contributed by atoms with E-state index >= 15 is 0 Å². The second-order valence-corrected chi connectivity index (χ2v) is 7.15. The van der Waals surface area contributed by atoms with Crippen molar-refractivity contribution in [3.63, 3.8) is 0 Å². The first-order valence-corrected chi connectivity index (χ1v) is 9.09. The SMILES string of the molecule is COc1ccc(Br)cc1C=C1CCn2c1nc1cc(C(=O)O)ccc1c2=O. The van der Waals surface area contributed by atoms with Crippen molar-refractivity contribution in [3.8, 4) is 5.75 Å². The molecule has 2 heterocycles. The van der Waals surface area contributed by atoms with Gasteiger partial charge in [-0.2, -0.15) is 0 Å². The molecule has 1 aliphatic heterocycles. The smallest absolute Gasteiger partial charge is 0.335 e. The number of carboxylic acid groups (broad SMARTS) is 1. The monoisotopic (exact) mass is 426 g/mol. The predicted molar refractivity (Wildman–Crippen MR) is 106 cm³/mol. The number of aromatic carboxylic acids is 1. The lowest BCUT2D eigenvalue weighted by molar-refractivity contribution is 0.0697. The highest BCUT2D eigenvalue weighted by atomic mass is 79.9. The first-order chi connectivity index (χ1) is 13.0. The van der Waals surface area contributed by atoms with Crippen LogP contribution in [0.5, 0.6) is 5.75 Å². The Morgan fingerprint density at radius 2 is 2.11 bits per heavy atom. The molecule has 3 aromatic rings. The number of hydrogen-bond acceptors (Lipinski definition) is 4. The number of rotatable bonds is 3. The third kappa shape index (κ3) is 3.04. The standard InChI is InChI=1S/C20H15BrN2O4/c1-27-17-5-3-14(21)9-13(17)8-11-6-7-23-18(11)22-16-10-12(20(25)26)2-4-15(16)19(23)24/h2-5,8-10H,6-7H2,1H3,(H,25,26). The van der Waals surface area contributed by atoms with Crippen LogP contribution in [-0.2, 0) is 6.54 Å². The third-order valence-corrected chi connectivity index (χ3v) is 5.11. The number of carboxylic acids is 1. The zero-order valence-electron chi connectivity index (χ0n) is 14.4. The van der Waals surface area contributed by atoms with Crippen LogP contribution < -0.4 is 10.3 Å². The van der Waals surface area contributed by atoms with Crippen molar-refractivity contribution in [1.82, 2.24) is 9.55 Å². The molecule has 1 aliphatic rings. The Morgan fingerprint density at radius 1 is 1.30 bits per heavy atom. The number of fused-ring (bicyclic) bond motifs is 2. The molecule has 0 spiro atoms. The van der Waals surface area contributed by atoms with E-state index in [1.807, 2.05) is 24.3 Å². The molecule has 7 heteroatoms. The maximum atomic E-state index is 12.8. The number of halogens is 1. The topological polar surface area (TPSA) is 81.4 Å². The van der Waals surface area contributed by atoms with E-state index < -0.39 is 5.97 Å². The van der Waals surface area contributed by atoms with Crippen LogP contribution in [0.4, 0.5) is 0 Å². The maximum absolute atomic E-state index is 12.8. The Morgan fingerprint density at radius 3 is 2.85 bits per heavy atom. The number of methoxy groups -OCH3 is 1. The minimum Gasteiger partial charge on any atom is -0.496 e. The number of benzene rings is 2. The normalized spacial score (nSPS) is 14.5. The van der Waals surface area contributed by atoms with Crippen LogP contribution in [0, 0.1) is 0 Å². The van der Waals surface area contributed by atoms with Gasteiger partial charge in [-0.25, -0.2) is 9.78 Å². The summed E-state index contributed by atoms with van der Waals surface area (Å²) in [6.45, 7) is 0.542. The quantitative estimate of drug-likeness (QED) is 0.688. The van der Waals surface area contributed by atoms with Crippen LogP contribution in [-0.4, -0.2) is 27.7 Å². The summed E-state index contributed by atoms with van der Waals surface area (Å²) in [5.74, 6) is 0.242. The second kappa shape index (κ2) is 6.66. The lowest BCUT2D eigenvalue weighted by Gasteiger charge is -2.08. The van der Waals surface area contributed by atoms with Crippen molar-refractivity contribution in [2.45, 2.75) is 13.0 Å². The Labute approximate surface area is 162 Å². The minimum atomic E-state index is -1.05. The summed E-state index contributed by atoms with van der Waals surface area (Å²) in [6.07, 6.45) is 2.63. The molecule has 0 atom stereocenters. The first-order valence-electron chi connectivity index (χ1n) is 8.30. The van der Waals surface area contributed by atoms with E-state index in [9.17, 15) is 14.7 Å². The summed E-state index contributed by atoms with van der Waals surface area (Å²) in [5.41, 5.74) is 2.13. The number of aromatic nitrogens is 2. The number of ether oxygens (including phenoxy) is 1. The van der Waals surface area contributed by atoms with Gasteiger partial charge in [0.15, 0.2) is 0 Å². The zero-order chi connectivity index (χ0) is 19.1. The Kier molecular flexibility index (Phi) is 4.31. The fourth-order valence-electron chi connectivity index (χ4n) is 3.29. The summed E-state index contributed by atoms with van der Waals surface area (Å²) in [7, 11) is 1.61. The molecule has 0 unspecified atom stereocenters. The molecule has 0 bridgehead atoms. The van der Waals surface area contributed by atoms with Gasteiger partial charge in [-0.15, -0.1) is 0 Å². The fourth-order valence-corrected chi connectivity index (χ4v) is 3.67. The van der Waals surface area contributed by atoms with Crippen molar-refractivity contribution < 1.29 is 14.6 Å². The van der Waals surface area contributed by atoms with Crippen LogP contribution in [0.1, 0.15) is 28.2 Å². The van der Waals surface area contributed by atoms with Crippen molar-refractivity contribution in [2.24, 2.45) is 0 Å². The zero-order valence-corrected chi connectivity index (χ0v) is 16.0. The van der Waals surface area contributed by atoms with Crippen LogP contribution in [0.2, 0.25) is 0 Å². The highest BCUT2D eigenvalue weighted by Crippen LogP contribution is 2.31. The van der Waals surface area contributed by atoms with E-state index in [4.69, 9.17) is 4.74 Å².